The Morgan fingerprint density at radius 1 is 1.23 bits per heavy atom. The van der Waals surface area contributed by atoms with Crippen LogP contribution in [0.1, 0.15) is 5.56 Å². The summed E-state index contributed by atoms with van der Waals surface area (Å²) in [6, 6.07) is 9.57. The molecule has 0 fully saturated rings. The number of nitrogens with zero attached hydrogens (tertiary/aromatic N) is 1. The highest BCUT2D eigenvalue weighted by molar-refractivity contribution is 5.91. The third-order valence-corrected chi connectivity index (χ3v) is 2.98. The van der Waals surface area contributed by atoms with Crippen molar-refractivity contribution in [2.75, 3.05) is 19.0 Å². The Labute approximate surface area is 147 Å². The zero-order valence-electron chi connectivity index (χ0n) is 13.6. The fourth-order valence-corrected chi connectivity index (χ4v) is 1.92. The third kappa shape index (κ3) is 6.00. The first-order valence-corrected chi connectivity index (χ1v) is 7.31. The van der Waals surface area contributed by atoms with Crippen LogP contribution in [-0.2, 0) is 9.63 Å². The maximum atomic E-state index is 13.0. The standard InChI is InChI=1S/C17H15F3N2O4/c1-24-15-7-11(5-6-14(15)26-17(19)20)9-21-25-10-16(23)22-13-4-2-3-12(18)8-13/h2-9,17H,10H2,1H3,(H,22,23)/b21-9+. The number of hydrogen-bond acceptors (Lipinski definition) is 5. The molecule has 6 nitrogen and oxygen atoms in total. The Bertz CT molecular complexity index is 784. The van der Waals surface area contributed by atoms with Crippen molar-refractivity contribution in [3.8, 4) is 11.5 Å². The fraction of sp³-hybridized carbons (Fsp3) is 0.176. The van der Waals surface area contributed by atoms with Gasteiger partial charge in [-0.2, -0.15) is 8.78 Å². The largest absolute Gasteiger partial charge is 0.493 e. The van der Waals surface area contributed by atoms with Gasteiger partial charge in [0.1, 0.15) is 5.82 Å². The first kappa shape index (κ1) is 19.1. The first-order chi connectivity index (χ1) is 12.5. The number of carbonyl (C=O) groups is 1. The summed E-state index contributed by atoms with van der Waals surface area (Å²) < 4.78 is 46.8. The van der Waals surface area contributed by atoms with Gasteiger partial charge in [0.05, 0.1) is 13.3 Å². The van der Waals surface area contributed by atoms with Gasteiger partial charge in [0.2, 0.25) is 0 Å². The second kappa shape index (κ2) is 9.30. The highest BCUT2D eigenvalue weighted by atomic mass is 19.3. The van der Waals surface area contributed by atoms with Gasteiger partial charge >= 0.3 is 6.61 Å². The van der Waals surface area contributed by atoms with E-state index >= 15 is 0 Å². The zero-order chi connectivity index (χ0) is 18.9. The van der Waals surface area contributed by atoms with Gasteiger partial charge in [0.15, 0.2) is 18.1 Å². The van der Waals surface area contributed by atoms with E-state index in [0.29, 0.717) is 11.3 Å². The van der Waals surface area contributed by atoms with Crippen LogP contribution in [0.15, 0.2) is 47.6 Å². The lowest BCUT2D eigenvalue weighted by Crippen LogP contribution is -2.17. The van der Waals surface area contributed by atoms with Gasteiger partial charge < -0.3 is 19.6 Å². The van der Waals surface area contributed by atoms with E-state index in [1.807, 2.05) is 0 Å². The summed E-state index contributed by atoms with van der Waals surface area (Å²) in [5.74, 6) is -1.02. The van der Waals surface area contributed by atoms with Crippen LogP contribution >= 0.6 is 0 Å². The number of hydrogen-bond donors (Lipinski definition) is 1. The molecule has 2 rings (SSSR count). The number of amides is 1. The molecule has 0 aliphatic carbocycles. The van der Waals surface area contributed by atoms with Crippen molar-refractivity contribution >= 4 is 17.8 Å². The van der Waals surface area contributed by atoms with E-state index in [-0.39, 0.29) is 11.5 Å². The second-order valence-corrected chi connectivity index (χ2v) is 4.86. The Morgan fingerprint density at radius 2 is 2.04 bits per heavy atom. The molecule has 0 heterocycles. The van der Waals surface area contributed by atoms with Crippen molar-refractivity contribution in [2.45, 2.75) is 6.61 Å². The lowest BCUT2D eigenvalue weighted by molar-refractivity contribution is -0.120. The molecule has 0 bridgehead atoms. The van der Waals surface area contributed by atoms with Gasteiger partial charge in [0.25, 0.3) is 5.91 Å². The van der Waals surface area contributed by atoms with Gasteiger partial charge in [0, 0.05) is 11.3 Å². The molecule has 1 N–H and O–H groups in total. The summed E-state index contributed by atoms with van der Waals surface area (Å²) in [7, 11) is 1.31. The van der Waals surface area contributed by atoms with E-state index in [1.54, 1.807) is 0 Å². The van der Waals surface area contributed by atoms with Gasteiger partial charge in [-0.25, -0.2) is 4.39 Å². The number of anilines is 1. The van der Waals surface area contributed by atoms with Crippen molar-refractivity contribution in [2.24, 2.45) is 5.16 Å². The van der Waals surface area contributed by atoms with E-state index < -0.39 is 24.9 Å². The van der Waals surface area contributed by atoms with Gasteiger partial charge in [-0.15, -0.1) is 0 Å². The number of alkyl halides is 2. The molecule has 0 aromatic heterocycles. The fourth-order valence-electron chi connectivity index (χ4n) is 1.92. The molecule has 9 heteroatoms. The summed E-state index contributed by atoms with van der Waals surface area (Å²) in [5.41, 5.74) is 0.774. The van der Waals surface area contributed by atoms with Crippen LogP contribution in [0.4, 0.5) is 18.9 Å². The number of oxime groups is 1. The molecule has 2 aromatic carbocycles. The number of ether oxygens (including phenoxy) is 2. The maximum Gasteiger partial charge on any atom is 0.387 e. The Kier molecular flexibility index (Phi) is 6.84. The second-order valence-electron chi connectivity index (χ2n) is 4.86. The number of halogens is 3. The topological polar surface area (TPSA) is 69.2 Å². The molecule has 138 valence electrons. The third-order valence-electron chi connectivity index (χ3n) is 2.98. The van der Waals surface area contributed by atoms with Crippen LogP contribution in [0.25, 0.3) is 0 Å². The summed E-state index contributed by atoms with van der Waals surface area (Å²) in [4.78, 5) is 16.5. The smallest absolute Gasteiger partial charge is 0.387 e. The van der Waals surface area contributed by atoms with Crippen molar-refractivity contribution in [1.29, 1.82) is 0 Å². The molecule has 0 aliphatic rings. The van der Waals surface area contributed by atoms with Gasteiger partial charge in [-0.05, 0) is 36.4 Å². The minimum atomic E-state index is -2.97. The molecule has 0 atom stereocenters. The van der Waals surface area contributed by atoms with E-state index in [2.05, 4.69) is 15.2 Å². The number of carbonyl (C=O) groups excluding carboxylic acids is 1. The van der Waals surface area contributed by atoms with E-state index in [0.717, 1.165) is 6.07 Å². The van der Waals surface area contributed by atoms with Crippen LogP contribution in [0, 0.1) is 5.82 Å². The number of nitrogens with one attached hydrogen (secondary N) is 1. The van der Waals surface area contributed by atoms with E-state index in [9.17, 15) is 18.0 Å². The highest BCUT2D eigenvalue weighted by Gasteiger charge is 2.10. The molecular weight excluding hydrogens is 353 g/mol. The molecule has 0 spiro atoms. The molecule has 2 aromatic rings. The molecule has 0 radical (unpaired) electrons. The van der Waals surface area contributed by atoms with Crippen LogP contribution in [0.3, 0.4) is 0 Å². The van der Waals surface area contributed by atoms with Gasteiger partial charge in [-0.3, -0.25) is 4.79 Å². The summed E-state index contributed by atoms with van der Waals surface area (Å²) in [5, 5.41) is 6.04. The van der Waals surface area contributed by atoms with Crippen LogP contribution in [0.5, 0.6) is 11.5 Å². The van der Waals surface area contributed by atoms with Crippen LogP contribution in [0.2, 0.25) is 0 Å². The number of rotatable bonds is 8. The normalized spacial score (nSPS) is 10.8. The number of methoxy groups -OCH3 is 1. The molecule has 1 amide bonds. The lowest BCUT2D eigenvalue weighted by Gasteiger charge is -2.09. The molecule has 26 heavy (non-hydrogen) atoms. The molecular formula is C17H15F3N2O4. The Balaban J connectivity index is 1.87. The predicted molar refractivity (Wildman–Crippen MR) is 88.2 cm³/mol. The Morgan fingerprint density at radius 3 is 2.73 bits per heavy atom. The van der Waals surface area contributed by atoms with Crippen molar-refractivity contribution < 1.29 is 32.3 Å². The maximum absolute atomic E-state index is 13.0. The van der Waals surface area contributed by atoms with Crippen molar-refractivity contribution in [3.63, 3.8) is 0 Å². The average molecular weight is 368 g/mol. The van der Waals surface area contributed by atoms with Gasteiger partial charge in [-0.1, -0.05) is 11.2 Å². The highest BCUT2D eigenvalue weighted by Crippen LogP contribution is 2.28. The van der Waals surface area contributed by atoms with E-state index in [4.69, 9.17) is 9.57 Å². The summed E-state index contributed by atoms with van der Waals surface area (Å²) in [6.07, 6.45) is 1.27. The Hall–Kier alpha value is -3.23. The minimum Gasteiger partial charge on any atom is -0.493 e. The molecule has 0 unspecified atom stereocenters. The first-order valence-electron chi connectivity index (χ1n) is 7.31. The predicted octanol–water partition coefficient (Wildman–Crippen LogP) is 3.42. The minimum absolute atomic E-state index is 0.0955. The van der Waals surface area contributed by atoms with Crippen LogP contribution in [-0.4, -0.2) is 32.4 Å². The zero-order valence-corrected chi connectivity index (χ0v) is 13.6. The molecule has 0 saturated heterocycles. The quantitative estimate of drug-likeness (QED) is 0.573. The molecule has 0 aliphatic heterocycles. The molecule has 0 saturated carbocycles. The number of benzene rings is 2. The summed E-state index contributed by atoms with van der Waals surface area (Å²) in [6.45, 7) is -3.36. The SMILES string of the molecule is COc1cc(/C=N/OCC(=O)Nc2cccc(F)c2)ccc1OC(F)F. The van der Waals surface area contributed by atoms with Crippen molar-refractivity contribution in [3.05, 3.63) is 53.8 Å². The van der Waals surface area contributed by atoms with Crippen LogP contribution < -0.4 is 14.8 Å². The monoisotopic (exact) mass is 368 g/mol. The average Bonchev–Trinajstić information content (AvgIpc) is 2.59. The van der Waals surface area contributed by atoms with E-state index in [1.165, 1.54) is 49.7 Å². The lowest BCUT2D eigenvalue weighted by atomic mass is 10.2. The van der Waals surface area contributed by atoms with Crippen molar-refractivity contribution in [1.82, 2.24) is 0 Å². The summed E-state index contributed by atoms with van der Waals surface area (Å²) >= 11 is 0.